The van der Waals surface area contributed by atoms with Crippen LogP contribution in [0, 0.1) is 3.57 Å². The molecule has 1 aliphatic rings. The number of carbonyl (C=O) groups is 1. The summed E-state index contributed by atoms with van der Waals surface area (Å²) >= 11 is 4.16. The zero-order chi connectivity index (χ0) is 12.3. The van der Waals surface area contributed by atoms with E-state index < -0.39 is 0 Å². The summed E-state index contributed by atoms with van der Waals surface area (Å²) in [5, 5.41) is 0. The Morgan fingerprint density at radius 3 is 2.82 bits per heavy atom. The first-order valence-corrected chi connectivity index (χ1v) is 7.95. The SMILES string of the molecule is CN1CCSCC1C(=O)Cc1ccc(I)cc1. The van der Waals surface area contributed by atoms with Crippen molar-refractivity contribution in [1.82, 2.24) is 4.90 Å². The fourth-order valence-electron chi connectivity index (χ4n) is 1.95. The maximum absolute atomic E-state index is 12.2. The molecule has 0 amide bonds. The number of nitrogens with zero attached hydrogens (tertiary/aromatic N) is 1. The van der Waals surface area contributed by atoms with E-state index in [1.165, 1.54) is 3.57 Å². The van der Waals surface area contributed by atoms with Crippen LogP contribution in [0.2, 0.25) is 0 Å². The Kier molecular flexibility index (Phi) is 4.87. The van der Waals surface area contributed by atoms with Gasteiger partial charge in [0.1, 0.15) is 0 Å². The van der Waals surface area contributed by atoms with Crippen molar-refractivity contribution in [3.63, 3.8) is 0 Å². The molecule has 1 unspecified atom stereocenters. The second-order valence-electron chi connectivity index (χ2n) is 4.34. The molecule has 2 rings (SSSR count). The molecule has 0 spiro atoms. The van der Waals surface area contributed by atoms with Crippen molar-refractivity contribution in [3.05, 3.63) is 33.4 Å². The van der Waals surface area contributed by atoms with Crippen LogP contribution in [0.3, 0.4) is 0 Å². The molecule has 1 atom stereocenters. The molecule has 1 aliphatic heterocycles. The lowest BCUT2D eigenvalue weighted by Gasteiger charge is -2.30. The van der Waals surface area contributed by atoms with Gasteiger partial charge in [0.25, 0.3) is 0 Å². The maximum atomic E-state index is 12.2. The summed E-state index contributed by atoms with van der Waals surface area (Å²) in [4.78, 5) is 14.4. The van der Waals surface area contributed by atoms with Crippen molar-refractivity contribution in [1.29, 1.82) is 0 Å². The van der Waals surface area contributed by atoms with Gasteiger partial charge in [-0.3, -0.25) is 9.69 Å². The van der Waals surface area contributed by atoms with Crippen LogP contribution >= 0.6 is 34.4 Å². The molecule has 17 heavy (non-hydrogen) atoms. The van der Waals surface area contributed by atoms with Gasteiger partial charge in [-0.25, -0.2) is 0 Å². The Morgan fingerprint density at radius 2 is 2.18 bits per heavy atom. The van der Waals surface area contributed by atoms with Crippen molar-refractivity contribution >= 4 is 40.1 Å². The predicted molar refractivity (Wildman–Crippen MR) is 81.6 cm³/mol. The number of likely N-dealkylation sites (N-methyl/N-ethyl adjacent to an activating group) is 1. The number of halogens is 1. The first-order chi connectivity index (χ1) is 8.16. The number of benzene rings is 1. The van der Waals surface area contributed by atoms with E-state index in [-0.39, 0.29) is 6.04 Å². The fraction of sp³-hybridized carbons (Fsp3) is 0.462. The molecule has 4 heteroatoms. The Bertz CT molecular complexity index is 393. The minimum Gasteiger partial charge on any atom is -0.298 e. The molecule has 0 aromatic heterocycles. The van der Waals surface area contributed by atoms with Gasteiger partial charge >= 0.3 is 0 Å². The highest BCUT2D eigenvalue weighted by molar-refractivity contribution is 14.1. The average molecular weight is 361 g/mol. The van der Waals surface area contributed by atoms with Crippen LogP contribution in [0.25, 0.3) is 0 Å². The summed E-state index contributed by atoms with van der Waals surface area (Å²) in [5.74, 6) is 2.43. The Morgan fingerprint density at radius 1 is 1.47 bits per heavy atom. The van der Waals surface area contributed by atoms with Crippen molar-refractivity contribution in [2.75, 3.05) is 25.1 Å². The van der Waals surface area contributed by atoms with E-state index in [1.807, 2.05) is 11.8 Å². The van der Waals surface area contributed by atoms with Gasteiger partial charge in [-0.15, -0.1) is 0 Å². The number of thioether (sulfide) groups is 1. The molecule has 0 aliphatic carbocycles. The fourth-order valence-corrected chi connectivity index (χ4v) is 3.55. The highest BCUT2D eigenvalue weighted by Crippen LogP contribution is 2.17. The number of hydrogen-bond acceptors (Lipinski definition) is 3. The number of carbonyl (C=O) groups excluding carboxylic acids is 1. The molecule has 0 bridgehead atoms. The summed E-state index contributed by atoms with van der Waals surface area (Å²) in [6.07, 6.45) is 0.562. The molecule has 1 saturated heterocycles. The van der Waals surface area contributed by atoms with Crippen LogP contribution < -0.4 is 0 Å². The second-order valence-corrected chi connectivity index (χ2v) is 6.74. The molecule has 0 N–H and O–H groups in total. The maximum Gasteiger partial charge on any atom is 0.155 e. The summed E-state index contributed by atoms with van der Waals surface area (Å²) < 4.78 is 1.21. The lowest BCUT2D eigenvalue weighted by Crippen LogP contribution is -2.45. The van der Waals surface area contributed by atoms with Crippen LogP contribution in [0.4, 0.5) is 0 Å². The summed E-state index contributed by atoms with van der Waals surface area (Å²) in [7, 11) is 2.05. The zero-order valence-corrected chi connectivity index (χ0v) is 12.8. The smallest absolute Gasteiger partial charge is 0.155 e. The van der Waals surface area contributed by atoms with Crippen LogP contribution in [-0.4, -0.2) is 41.8 Å². The molecule has 0 radical (unpaired) electrons. The van der Waals surface area contributed by atoms with E-state index in [9.17, 15) is 4.79 Å². The monoisotopic (exact) mass is 361 g/mol. The third kappa shape index (κ3) is 3.69. The van der Waals surface area contributed by atoms with E-state index >= 15 is 0 Å². The molecule has 1 aromatic rings. The summed E-state index contributed by atoms with van der Waals surface area (Å²) in [6.45, 7) is 1.02. The highest BCUT2D eigenvalue weighted by Gasteiger charge is 2.25. The molecule has 2 nitrogen and oxygen atoms in total. The van der Waals surface area contributed by atoms with Gasteiger partial charge in [-0.1, -0.05) is 12.1 Å². The van der Waals surface area contributed by atoms with Gasteiger partial charge in [0, 0.05) is 28.0 Å². The number of ketones is 1. The summed E-state index contributed by atoms with van der Waals surface area (Å²) in [5.41, 5.74) is 1.12. The normalized spacial score (nSPS) is 21.4. The topological polar surface area (TPSA) is 20.3 Å². The van der Waals surface area contributed by atoms with Crippen molar-refractivity contribution in [2.24, 2.45) is 0 Å². The molecular formula is C13H16INOS. The highest BCUT2D eigenvalue weighted by atomic mass is 127. The third-order valence-corrected chi connectivity index (χ3v) is 4.80. The van der Waals surface area contributed by atoms with Crippen LogP contribution in [0.1, 0.15) is 5.56 Å². The average Bonchev–Trinajstić information content (AvgIpc) is 2.32. The lowest BCUT2D eigenvalue weighted by atomic mass is 10.0. The van der Waals surface area contributed by atoms with Gasteiger partial charge in [0.15, 0.2) is 5.78 Å². The first-order valence-electron chi connectivity index (χ1n) is 5.72. The first kappa shape index (κ1) is 13.4. The largest absolute Gasteiger partial charge is 0.298 e. The van der Waals surface area contributed by atoms with Gasteiger partial charge in [0.2, 0.25) is 0 Å². The third-order valence-electron chi connectivity index (χ3n) is 3.06. The van der Waals surface area contributed by atoms with E-state index in [2.05, 4.69) is 58.8 Å². The van der Waals surface area contributed by atoms with Gasteiger partial charge in [0.05, 0.1) is 6.04 Å². The Balaban J connectivity index is 1.98. The Labute approximate surface area is 120 Å². The molecular weight excluding hydrogens is 345 g/mol. The molecule has 0 saturated carbocycles. The molecule has 1 heterocycles. The van der Waals surface area contributed by atoms with Gasteiger partial charge < -0.3 is 0 Å². The van der Waals surface area contributed by atoms with Crippen LogP contribution in [0.15, 0.2) is 24.3 Å². The van der Waals surface area contributed by atoms with E-state index in [0.29, 0.717) is 12.2 Å². The quantitative estimate of drug-likeness (QED) is 0.772. The number of rotatable bonds is 3. The van der Waals surface area contributed by atoms with Crippen molar-refractivity contribution in [2.45, 2.75) is 12.5 Å². The molecule has 1 fully saturated rings. The minimum atomic E-state index is 0.105. The zero-order valence-electron chi connectivity index (χ0n) is 9.86. The van der Waals surface area contributed by atoms with E-state index in [0.717, 1.165) is 23.6 Å². The predicted octanol–water partition coefficient (Wildman–Crippen LogP) is 2.45. The molecule has 92 valence electrons. The second kappa shape index (κ2) is 6.20. The minimum absolute atomic E-state index is 0.105. The van der Waals surface area contributed by atoms with Crippen molar-refractivity contribution in [3.8, 4) is 0 Å². The van der Waals surface area contributed by atoms with Crippen LogP contribution in [-0.2, 0) is 11.2 Å². The van der Waals surface area contributed by atoms with Gasteiger partial charge in [-0.05, 0) is 47.3 Å². The van der Waals surface area contributed by atoms with Crippen molar-refractivity contribution < 1.29 is 4.79 Å². The standard InChI is InChI=1S/C13H16INOS/c1-15-6-7-17-9-12(15)13(16)8-10-2-4-11(14)5-3-10/h2-5,12H,6-9H2,1H3. The summed E-state index contributed by atoms with van der Waals surface area (Å²) in [6, 6.07) is 8.32. The lowest BCUT2D eigenvalue weighted by molar-refractivity contribution is -0.122. The molecule has 1 aromatic carbocycles. The van der Waals surface area contributed by atoms with E-state index in [4.69, 9.17) is 0 Å². The number of hydrogen-bond donors (Lipinski definition) is 0. The van der Waals surface area contributed by atoms with Crippen LogP contribution in [0.5, 0.6) is 0 Å². The van der Waals surface area contributed by atoms with E-state index in [1.54, 1.807) is 0 Å². The number of Topliss-reactive ketones (excluding diaryl/α,β-unsaturated/α-hetero) is 1. The Hall–Kier alpha value is -0.0700. The van der Waals surface area contributed by atoms with Gasteiger partial charge in [-0.2, -0.15) is 11.8 Å².